The fourth-order valence-electron chi connectivity index (χ4n) is 1.20. The Labute approximate surface area is 87.2 Å². The summed E-state index contributed by atoms with van der Waals surface area (Å²) < 4.78 is 1.76. The topological polar surface area (TPSA) is 89.6 Å². The lowest BCUT2D eigenvalue weighted by molar-refractivity contribution is 0.777. The second-order valence-electron chi connectivity index (χ2n) is 2.65. The third-order valence-electron chi connectivity index (χ3n) is 1.83. The first-order valence-electron chi connectivity index (χ1n) is 4.93. The number of nitrogens with zero attached hydrogens (tertiary/aromatic N) is 3. The third-order valence-corrected chi connectivity index (χ3v) is 1.83. The molecule has 0 atom stereocenters. The van der Waals surface area contributed by atoms with Gasteiger partial charge in [0.25, 0.3) is 5.56 Å². The fourth-order valence-corrected chi connectivity index (χ4v) is 1.20. The normalized spacial score (nSPS) is 9.80. The van der Waals surface area contributed by atoms with E-state index in [9.17, 15) is 4.79 Å². The maximum Gasteiger partial charge on any atom is 0.280 e. The van der Waals surface area contributed by atoms with Crippen molar-refractivity contribution in [3.05, 3.63) is 16.7 Å². The van der Waals surface area contributed by atoms with E-state index in [1.807, 2.05) is 20.8 Å². The van der Waals surface area contributed by atoms with Crippen LogP contribution >= 0.6 is 0 Å². The van der Waals surface area contributed by atoms with Gasteiger partial charge in [-0.1, -0.05) is 13.8 Å². The zero-order chi connectivity index (χ0) is 11.4. The number of fused-ring (bicyclic) bond motifs is 1. The van der Waals surface area contributed by atoms with E-state index in [2.05, 4.69) is 15.0 Å². The second-order valence-corrected chi connectivity index (χ2v) is 2.65. The van der Waals surface area contributed by atoms with Crippen LogP contribution in [0.25, 0.3) is 11.2 Å². The van der Waals surface area contributed by atoms with Gasteiger partial charge in [0.2, 0.25) is 5.95 Å². The van der Waals surface area contributed by atoms with Crippen molar-refractivity contribution in [2.75, 3.05) is 5.73 Å². The molecule has 0 aliphatic carbocycles. The summed E-state index contributed by atoms with van der Waals surface area (Å²) in [5.74, 6) is 0.118. The number of imidazole rings is 1. The van der Waals surface area contributed by atoms with Crippen LogP contribution in [0, 0.1) is 0 Å². The number of aromatic nitrogens is 4. The lowest BCUT2D eigenvalue weighted by Gasteiger charge is -1.97. The van der Waals surface area contributed by atoms with E-state index in [1.54, 1.807) is 10.9 Å². The van der Waals surface area contributed by atoms with Crippen molar-refractivity contribution >= 4 is 17.1 Å². The summed E-state index contributed by atoms with van der Waals surface area (Å²) in [5, 5.41) is 0. The van der Waals surface area contributed by atoms with Crippen LogP contribution < -0.4 is 11.3 Å². The molecule has 0 saturated heterocycles. The summed E-state index contributed by atoms with van der Waals surface area (Å²) in [6, 6.07) is 0. The van der Waals surface area contributed by atoms with Crippen LogP contribution in [0.3, 0.4) is 0 Å². The molecule has 0 spiro atoms. The third kappa shape index (κ3) is 1.98. The maximum absolute atomic E-state index is 11.3. The van der Waals surface area contributed by atoms with Gasteiger partial charge in [0, 0.05) is 6.54 Å². The summed E-state index contributed by atoms with van der Waals surface area (Å²) in [7, 11) is 0. The minimum Gasteiger partial charge on any atom is -0.369 e. The second kappa shape index (κ2) is 4.59. The molecule has 2 aromatic rings. The van der Waals surface area contributed by atoms with E-state index >= 15 is 0 Å². The van der Waals surface area contributed by atoms with Crippen molar-refractivity contribution < 1.29 is 0 Å². The number of H-pyrrole nitrogens is 1. The number of nitrogen functional groups attached to an aromatic ring is 1. The minimum absolute atomic E-state index is 0.118. The SMILES string of the molecule is CC.CCn1cnc2c(=O)[nH]c(N)nc21. The van der Waals surface area contributed by atoms with Gasteiger partial charge in [-0.15, -0.1) is 0 Å². The van der Waals surface area contributed by atoms with Gasteiger partial charge in [-0.3, -0.25) is 9.78 Å². The van der Waals surface area contributed by atoms with Gasteiger partial charge >= 0.3 is 0 Å². The Morgan fingerprint density at radius 3 is 2.80 bits per heavy atom. The molecule has 2 aromatic heterocycles. The summed E-state index contributed by atoms with van der Waals surface area (Å²) in [4.78, 5) is 21.6. The Morgan fingerprint density at radius 1 is 1.53 bits per heavy atom. The highest BCUT2D eigenvalue weighted by molar-refractivity contribution is 5.70. The lowest BCUT2D eigenvalue weighted by atomic mass is 10.5. The van der Waals surface area contributed by atoms with Gasteiger partial charge in [-0.05, 0) is 6.92 Å². The van der Waals surface area contributed by atoms with E-state index in [0.29, 0.717) is 17.7 Å². The predicted octanol–water partition coefficient (Wildman–Crippen LogP) is 0.748. The maximum atomic E-state index is 11.3. The standard InChI is InChI=1S/C7H9N5O.C2H6/c1-2-12-3-9-4-5(12)10-7(8)11-6(4)13;1-2/h3H,2H2,1H3,(H3,8,10,11,13);1-2H3. The Hall–Kier alpha value is -1.85. The highest BCUT2D eigenvalue weighted by atomic mass is 16.1. The van der Waals surface area contributed by atoms with Gasteiger partial charge in [0.15, 0.2) is 11.2 Å². The molecule has 0 unspecified atom stereocenters. The molecule has 15 heavy (non-hydrogen) atoms. The van der Waals surface area contributed by atoms with E-state index < -0.39 is 0 Å². The molecular formula is C9H15N5O. The van der Waals surface area contributed by atoms with Crippen molar-refractivity contribution in [1.29, 1.82) is 0 Å². The molecule has 0 saturated carbocycles. The van der Waals surface area contributed by atoms with Crippen LogP contribution in [-0.4, -0.2) is 19.5 Å². The number of hydrogen-bond donors (Lipinski definition) is 2. The number of hydrogen-bond acceptors (Lipinski definition) is 4. The molecule has 0 amide bonds. The molecule has 0 fully saturated rings. The molecular weight excluding hydrogens is 194 g/mol. The summed E-state index contributed by atoms with van der Waals surface area (Å²) in [6.07, 6.45) is 1.58. The molecule has 82 valence electrons. The zero-order valence-corrected chi connectivity index (χ0v) is 9.11. The van der Waals surface area contributed by atoms with Crippen LogP contribution in [0.5, 0.6) is 0 Å². The van der Waals surface area contributed by atoms with Crippen LogP contribution in [0.2, 0.25) is 0 Å². The number of aromatic amines is 1. The fraction of sp³-hybridized carbons (Fsp3) is 0.444. The highest BCUT2D eigenvalue weighted by Gasteiger charge is 2.06. The first-order chi connectivity index (χ1) is 7.22. The van der Waals surface area contributed by atoms with E-state index in [0.717, 1.165) is 0 Å². The van der Waals surface area contributed by atoms with Crippen LogP contribution in [-0.2, 0) is 6.54 Å². The molecule has 3 N–H and O–H groups in total. The van der Waals surface area contributed by atoms with Crippen molar-refractivity contribution in [1.82, 2.24) is 19.5 Å². The number of rotatable bonds is 1. The zero-order valence-electron chi connectivity index (χ0n) is 9.11. The molecule has 0 radical (unpaired) electrons. The average molecular weight is 209 g/mol. The Kier molecular flexibility index (Phi) is 3.43. The summed E-state index contributed by atoms with van der Waals surface area (Å²) in [6.45, 7) is 6.66. The number of nitrogens with two attached hydrogens (primary N) is 1. The lowest BCUT2D eigenvalue weighted by Crippen LogP contribution is -2.12. The van der Waals surface area contributed by atoms with Gasteiger partial charge in [-0.25, -0.2) is 4.98 Å². The van der Waals surface area contributed by atoms with Crippen molar-refractivity contribution in [3.8, 4) is 0 Å². The highest BCUT2D eigenvalue weighted by Crippen LogP contribution is 2.05. The summed E-state index contributed by atoms with van der Waals surface area (Å²) >= 11 is 0. The largest absolute Gasteiger partial charge is 0.369 e. The van der Waals surface area contributed by atoms with Crippen molar-refractivity contribution in [3.63, 3.8) is 0 Å². The van der Waals surface area contributed by atoms with Gasteiger partial charge in [0.05, 0.1) is 6.33 Å². The number of aryl methyl sites for hydroxylation is 1. The predicted molar refractivity (Wildman–Crippen MR) is 59.6 cm³/mol. The van der Waals surface area contributed by atoms with Crippen LogP contribution in [0.1, 0.15) is 20.8 Å². The first-order valence-corrected chi connectivity index (χ1v) is 4.93. The smallest absolute Gasteiger partial charge is 0.280 e. The van der Waals surface area contributed by atoms with E-state index in [1.165, 1.54) is 0 Å². The van der Waals surface area contributed by atoms with E-state index in [4.69, 9.17) is 5.73 Å². The van der Waals surface area contributed by atoms with Crippen LogP contribution in [0.4, 0.5) is 5.95 Å². The molecule has 6 heteroatoms. The molecule has 2 heterocycles. The monoisotopic (exact) mass is 209 g/mol. The molecule has 2 rings (SSSR count). The molecule has 0 aliphatic rings. The molecule has 0 bridgehead atoms. The Bertz CT molecular complexity index is 499. The minimum atomic E-state index is -0.297. The molecule has 0 aromatic carbocycles. The molecule has 0 aliphatic heterocycles. The van der Waals surface area contributed by atoms with Crippen molar-refractivity contribution in [2.24, 2.45) is 0 Å². The molecule has 6 nitrogen and oxygen atoms in total. The Balaban J connectivity index is 0.000000531. The van der Waals surface area contributed by atoms with Gasteiger partial charge < -0.3 is 10.3 Å². The Morgan fingerprint density at radius 2 is 2.20 bits per heavy atom. The van der Waals surface area contributed by atoms with Gasteiger partial charge in [-0.2, -0.15) is 4.98 Å². The number of anilines is 1. The first kappa shape index (κ1) is 11.2. The van der Waals surface area contributed by atoms with E-state index in [-0.39, 0.29) is 11.5 Å². The average Bonchev–Trinajstić information content (AvgIpc) is 2.64. The van der Waals surface area contributed by atoms with Crippen LogP contribution in [0.15, 0.2) is 11.1 Å². The quantitative estimate of drug-likeness (QED) is 0.725. The number of nitrogens with one attached hydrogen (secondary N) is 1. The van der Waals surface area contributed by atoms with Crippen molar-refractivity contribution in [2.45, 2.75) is 27.3 Å². The van der Waals surface area contributed by atoms with Gasteiger partial charge in [0.1, 0.15) is 0 Å². The summed E-state index contributed by atoms with van der Waals surface area (Å²) in [5.41, 5.74) is 5.96.